The molecule has 82 valence electrons. The van der Waals surface area contributed by atoms with Gasteiger partial charge >= 0.3 is 0 Å². The van der Waals surface area contributed by atoms with Crippen LogP contribution in [0.5, 0.6) is 11.5 Å². The lowest BCUT2D eigenvalue weighted by Gasteiger charge is -2.08. The fraction of sp³-hybridized carbons (Fsp3) is 0.364. The number of ketones is 1. The van der Waals surface area contributed by atoms with E-state index in [4.69, 9.17) is 14.2 Å². The van der Waals surface area contributed by atoms with Gasteiger partial charge in [0.2, 0.25) is 0 Å². The molecule has 0 aliphatic heterocycles. The van der Waals surface area contributed by atoms with E-state index in [1.54, 1.807) is 25.3 Å². The van der Waals surface area contributed by atoms with Gasteiger partial charge in [-0.1, -0.05) is 0 Å². The average Bonchev–Trinajstić information content (AvgIpc) is 2.28. The molecule has 1 rings (SSSR count). The molecule has 0 aromatic heterocycles. The minimum absolute atomic E-state index is 0.0443. The maximum Gasteiger partial charge on any atom is 0.192 e. The molecule has 0 aliphatic rings. The van der Waals surface area contributed by atoms with Crippen LogP contribution in [0.3, 0.4) is 0 Å². The Labute approximate surface area is 88.8 Å². The summed E-state index contributed by atoms with van der Waals surface area (Å²) in [6.07, 6.45) is 0. The van der Waals surface area contributed by atoms with Crippen molar-refractivity contribution in [2.45, 2.75) is 0 Å². The average molecular weight is 210 g/mol. The number of rotatable bonds is 5. The highest BCUT2D eigenvalue weighted by Crippen LogP contribution is 2.24. The molecule has 0 N–H and O–H groups in total. The summed E-state index contributed by atoms with van der Waals surface area (Å²) in [5, 5.41) is 0. The van der Waals surface area contributed by atoms with Crippen LogP contribution in [0.25, 0.3) is 0 Å². The second kappa shape index (κ2) is 5.36. The van der Waals surface area contributed by atoms with Crippen LogP contribution in [0, 0.1) is 0 Å². The summed E-state index contributed by atoms with van der Waals surface area (Å²) in [7, 11) is 4.55. The van der Waals surface area contributed by atoms with Gasteiger partial charge in [0.05, 0.1) is 19.8 Å². The molecule has 0 bridgehead atoms. The van der Waals surface area contributed by atoms with E-state index in [9.17, 15) is 4.79 Å². The monoisotopic (exact) mass is 210 g/mol. The molecule has 1 aromatic rings. The third-order valence-corrected chi connectivity index (χ3v) is 1.98. The van der Waals surface area contributed by atoms with Crippen molar-refractivity contribution in [2.24, 2.45) is 0 Å². The smallest absolute Gasteiger partial charge is 0.192 e. The van der Waals surface area contributed by atoms with Crippen LogP contribution in [-0.2, 0) is 4.74 Å². The van der Waals surface area contributed by atoms with Crippen molar-refractivity contribution in [1.82, 2.24) is 0 Å². The van der Waals surface area contributed by atoms with Gasteiger partial charge in [0.25, 0.3) is 0 Å². The first-order valence-electron chi connectivity index (χ1n) is 4.47. The molecule has 1 aromatic carbocycles. The number of methoxy groups -OCH3 is 3. The van der Waals surface area contributed by atoms with E-state index in [1.165, 1.54) is 14.2 Å². The molecule has 0 spiro atoms. The number of carbonyl (C=O) groups excluding carboxylic acids is 1. The molecule has 0 fully saturated rings. The second-order valence-electron chi connectivity index (χ2n) is 2.92. The Morgan fingerprint density at radius 3 is 2.47 bits per heavy atom. The zero-order chi connectivity index (χ0) is 11.3. The maximum absolute atomic E-state index is 11.6. The Hall–Kier alpha value is -1.55. The van der Waals surface area contributed by atoms with Gasteiger partial charge in [-0.15, -0.1) is 0 Å². The summed E-state index contributed by atoms with van der Waals surface area (Å²) in [6.45, 7) is 0.0443. The number of hydrogen-bond acceptors (Lipinski definition) is 4. The molecule has 0 atom stereocenters. The molecule has 4 nitrogen and oxygen atoms in total. The normalized spacial score (nSPS) is 9.80. The van der Waals surface area contributed by atoms with Gasteiger partial charge in [-0.25, -0.2) is 0 Å². The largest absolute Gasteiger partial charge is 0.497 e. The van der Waals surface area contributed by atoms with Crippen molar-refractivity contribution < 1.29 is 19.0 Å². The summed E-state index contributed by atoms with van der Waals surface area (Å²) in [5.74, 6) is 1.04. The molecule has 0 amide bonds. The Morgan fingerprint density at radius 2 is 1.93 bits per heavy atom. The molecule has 0 radical (unpaired) electrons. The van der Waals surface area contributed by atoms with Gasteiger partial charge in [-0.3, -0.25) is 4.79 Å². The SMILES string of the molecule is COCC(=O)c1ccc(OC)cc1OC. The zero-order valence-electron chi connectivity index (χ0n) is 9.07. The van der Waals surface area contributed by atoms with Gasteiger partial charge < -0.3 is 14.2 Å². The van der Waals surface area contributed by atoms with E-state index < -0.39 is 0 Å². The number of ether oxygens (including phenoxy) is 3. The van der Waals surface area contributed by atoms with Gasteiger partial charge in [-0.05, 0) is 12.1 Å². The number of carbonyl (C=O) groups is 1. The van der Waals surface area contributed by atoms with Crippen LogP contribution in [0.1, 0.15) is 10.4 Å². The van der Waals surface area contributed by atoms with Gasteiger partial charge in [0, 0.05) is 13.2 Å². The molecule has 0 saturated carbocycles. The third kappa shape index (κ3) is 2.70. The predicted molar refractivity (Wildman–Crippen MR) is 55.8 cm³/mol. The van der Waals surface area contributed by atoms with E-state index in [2.05, 4.69) is 0 Å². The second-order valence-corrected chi connectivity index (χ2v) is 2.92. The molecule has 0 unspecified atom stereocenters. The van der Waals surface area contributed by atoms with Crippen molar-refractivity contribution in [1.29, 1.82) is 0 Å². The Balaban J connectivity index is 3.02. The minimum atomic E-state index is -0.114. The Kier molecular flexibility index (Phi) is 4.12. The topological polar surface area (TPSA) is 44.8 Å². The van der Waals surface area contributed by atoms with Gasteiger partial charge in [-0.2, -0.15) is 0 Å². The van der Waals surface area contributed by atoms with Crippen molar-refractivity contribution in [3.63, 3.8) is 0 Å². The molecular weight excluding hydrogens is 196 g/mol. The van der Waals surface area contributed by atoms with Crippen molar-refractivity contribution >= 4 is 5.78 Å². The fourth-order valence-corrected chi connectivity index (χ4v) is 1.24. The minimum Gasteiger partial charge on any atom is -0.497 e. The molecule has 15 heavy (non-hydrogen) atoms. The van der Waals surface area contributed by atoms with Crippen LogP contribution in [0.2, 0.25) is 0 Å². The van der Waals surface area contributed by atoms with Crippen molar-refractivity contribution in [3.8, 4) is 11.5 Å². The van der Waals surface area contributed by atoms with E-state index in [0.29, 0.717) is 17.1 Å². The highest BCUT2D eigenvalue weighted by molar-refractivity contribution is 5.99. The van der Waals surface area contributed by atoms with E-state index in [1.807, 2.05) is 0 Å². The number of hydrogen-bond donors (Lipinski definition) is 0. The zero-order valence-corrected chi connectivity index (χ0v) is 9.07. The Bertz CT molecular complexity index is 346. The lowest BCUT2D eigenvalue weighted by Crippen LogP contribution is -2.08. The number of Topliss-reactive ketones (excluding diaryl/α,β-unsaturated/α-hetero) is 1. The maximum atomic E-state index is 11.6. The van der Waals surface area contributed by atoms with Crippen LogP contribution >= 0.6 is 0 Å². The summed E-state index contributed by atoms with van der Waals surface area (Å²) in [5.41, 5.74) is 0.500. The fourth-order valence-electron chi connectivity index (χ4n) is 1.24. The first kappa shape index (κ1) is 11.5. The lowest BCUT2D eigenvalue weighted by molar-refractivity contribution is 0.0845. The molecule has 4 heteroatoms. The van der Waals surface area contributed by atoms with E-state index in [0.717, 1.165) is 0 Å². The summed E-state index contributed by atoms with van der Waals surface area (Å²) in [6, 6.07) is 5.05. The first-order valence-corrected chi connectivity index (χ1v) is 4.47. The van der Waals surface area contributed by atoms with Gasteiger partial charge in [0.1, 0.15) is 18.1 Å². The summed E-state index contributed by atoms with van der Waals surface area (Å²) in [4.78, 5) is 11.6. The highest BCUT2D eigenvalue weighted by Gasteiger charge is 2.12. The lowest BCUT2D eigenvalue weighted by atomic mass is 10.1. The van der Waals surface area contributed by atoms with Crippen LogP contribution in [0.4, 0.5) is 0 Å². The first-order chi connectivity index (χ1) is 7.22. The molecule has 0 aliphatic carbocycles. The molecule has 0 heterocycles. The number of benzene rings is 1. The van der Waals surface area contributed by atoms with Crippen LogP contribution in [-0.4, -0.2) is 33.7 Å². The van der Waals surface area contributed by atoms with Crippen molar-refractivity contribution in [3.05, 3.63) is 23.8 Å². The van der Waals surface area contributed by atoms with Crippen LogP contribution in [0.15, 0.2) is 18.2 Å². The van der Waals surface area contributed by atoms with E-state index >= 15 is 0 Å². The quantitative estimate of drug-likeness (QED) is 0.691. The Morgan fingerprint density at radius 1 is 1.20 bits per heavy atom. The van der Waals surface area contributed by atoms with Crippen LogP contribution < -0.4 is 9.47 Å². The standard InChI is InChI=1S/C11H14O4/c1-13-7-10(12)9-5-4-8(14-2)6-11(9)15-3/h4-6H,7H2,1-3H3. The molecule has 0 saturated heterocycles. The van der Waals surface area contributed by atoms with E-state index in [-0.39, 0.29) is 12.4 Å². The van der Waals surface area contributed by atoms with Gasteiger partial charge in [0.15, 0.2) is 5.78 Å². The molecular formula is C11H14O4. The summed E-state index contributed by atoms with van der Waals surface area (Å²) < 4.78 is 14.9. The summed E-state index contributed by atoms with van der Waals surface area (Å²) >= 11 is 0. The highest BCUT2D eigenvalue weighted by atomic mass is 16.5. The predicted octanol–water partition coefficient (Wildman–Crippen LogP) is 1.53. The third-order valence-electron chi connectivity index (χ3n) is 1.98. The van der Waals surface area contributed by atoms with Crippen molar-refractivity contribution in [2.75, 3.05) is 27.9 Å².